The van der Waals surface area contributed by atoms with Crippen LogP contribution in [0.25, 0.3) is 0 Å². The molecule has 0 aliphatic heterocycles. The van der Waals surface area contributed by atoms with E-state index in [4.69, 9.17) is 11.6 Å². The van der Waals surface area contributed by atoms with Crippen molar-refractivity contribution in [2.75, 3.05) is 27.2 Å². The Bertz CT molecular complexity index is 390. The fourth-order valence-electron chi connectivity index (χ4n) is 2.44. The monoisotopic (exact) mass is 314 g/mol. The summed E-state index contributed by atoms with van der Waals surface area (Å²) in [6.07, 6.45) is 7.79. The highest BCUT2D eigenvalue weighted by Gasteiger charge is 2.19. The standard InChI is InChI=1S/C16H31ClN4/c1-5-7-8-9-15(18-10-6-2)16-14(17)13-19-21(16)12-11-20(3)4/h13,15,18H,5-12H2,1-4H3. The van der Waals surface area contributed by atoms with Crippen LogP contribution in [0.2, 0.25) is 5.02 Å². The average molecular weight is 315 g/mol. The minimum Gasteiger partial charge on any atom is -0.309 e. The van der Waals surface area contributed by atoms with Gasteiger partial charge in [0, 0.05) is 6.54 Å². The topological polar surface area (TPSA) is 33.1 Å². The molecule has 0 saturated heterocycles. The summed E-state index contributed by atoms with van der Waals surface area (Å²) in [7, 11) is 4.16. The first kappa shape index (κ1) is 18.5. The van der Waals surface area contributed by atoms with Crippen LogP contribution in [0.15, 0.2) is 6.20 Å². The minimum atomic E-state index is 0.314. The van der Waals surface area contributed by atoms with Crippen LogP contribution in [0.5, 0.6) is 0 Å². The number of nitrogens with one attached hydrogen (secondary N) is 1. The Balaban J connectivity index is 2.80. The van der Waals surface area contributed by atoms with E-state index in [0.29, 0.717) is 6.04 Å². The maximum absolute atomic E-state index is 6.41. The molecule has 1 aromatic heterocycles. The fourth-order valence-corrected chi connectivity index (χ4v) is 2.72. The highest BCUT2D eigenvalue weighted by Crippen LogP contribution is 2.27. The van der Waals surface area contributed by atoms with Gasteiger partial charge in [0.15, 0.2) is 0 Å². The number of hydrogen-bond donors (Lipinski definition) is 1. The van der Waals surface area contributed by atoms with Gasteiger partial charge >= 0.3 is 0 Å². The third-order valence-corrected chi connectivity index (χ3v) is 3.95. The Kier molecular flexibility index (Phi) is 8.97. The summed E-state index contributed by atoms with van der Waals surface area (Å²) in [5.41, 5.74) is 1.16. The third kappa shape index (κ3) is 6.37. The van der Waals surface area contributed by atoms with E-state index in [0.717, 1.165) is 43.2 Å². The summed E-state index contributed by atoms with van der Waals surface area (Å²) in [4.78, 5) is 2.17. The number of aromatic nitrogens is 2. The summed E-state index contributed by atoms with van der Waals surface area (Å²) >= 11 is 6.41. The average Bonchev–Trinajstić information content (AvgIpc) is 2.81. The Morgan fingerprint density at radius 2 is 2.05 bits per heavy atom. The van der Waals surface area contributed by atoms with Gasteiger partial charge in [0.05, 0.1) is 29.5 Å². The minimum absolute atomic E-state index is 0.314. The van der Waals surface area contributed by atoms with E-state index in [1.807, 2.05) is 0 Å². The van der Waals surface area contributed by atoms with E-state index in [-0.39, 0.29) is 0 Å². The molecular formula is C16H31ClN4. The van der Waals surface area contributed by atoms with Gasteiger partial charge in [-0.15, -0.1) is 0 Å². The van der Waals surface area contributed by atoms with Crippen LogP contribution in [0.3, 0.4) is 0 Å². The first-order valence-electron chi connectivity index (χ1n) is 8.19. The van der Waals surface area contributed by atoms with Crippen molar-refractivity contribution < 1.29 is 0 Å². The van der Waals surface area contributed by atoms with Crippen molar-refractivity contribution in [1.29, 1.82) is 0 Å². The van der Waals surface area contributed by atoms with Gasteiger partial charge in [-0.3, -0.25) is 4.68 Å². The van der Waals surface area contributed by atoms with Gasteiger partial charge in [-0.25, -0.2) is 0 Å². The van der Waals surface area contributed by atoms with Gasteiger partial charge in [-0.05, 0) is 33.5 Å². The molecule has 0 radical (unpaired) electrons. The van der Waals surface area contributed by atoms with Crippen molar-refractivity contribution in [1.82, 2.24) is 20.0 Å². The van der Waals surface area contributed by atoms with Crippen LogP contribution in [0, 0.1) is 0 Å². The van der Waals surface area contributed by atoms with Crippen molar-refractivity contribution in [3.05, 3.63) is 16.9 Å². The van der Waals surface area contributed by atoms with Crippen molar-refractivity contribution in [2.45, 2.75) is 58.5 Å². The van der Waals surface area contributed by atoms with E-state index >= 15 is 0 Å². The van der Waals surface area contributed by atoms with Crippen LogP contribution in [0.4, 0.5) is 0 Å². The van der Waals surface area contributed by atoms with Crippen LogP contribution in [-0.2, 0) is 6.54 Å². The largest absolute Gasteiger partial charge is 0.309 e. The molecule has 0 saturated carbocycles. The molecule has 1 aromatic rings. The van der Waals surface area contributed by atoms with Gasteiger partial charge in [-0.2, -0.15) is 5.10 Å². The first-order valence-corrected chi connectivity index (χ1v) is 8.57. The van der Waals surface area contributed by atoms with Gasteiger partial charge < -0.3 is 10.2 Å². The van der Waals surface area contributed by atoms with E-state index in [1.165, 1.54) is 19.3 Å². The number of nitrogens with zero attached hydrogens (tertiary/aromatic N) is 3. The lowest BCUT2D eigenvalue weighted by atomic mass is 10.0. The van der Waals surface area contributed by atoms with Crippen LogP contribution >= 0.6 is 11.6 Å². The lowest BCUT2D eigenvalue weighted by Gasteiger charge is -2.21. The molecule has 0 aromatic carbocycles. The quantitative estimate of drug-likeness (QED) is 0.632. The molecule has 1 atom stereocenters. The van der Waals surface area contributed by atoms with Crippen molar-refractivity contribution in [3.8, 4) is 0 Å². The lowest BCUT2D eigenvalue weighted by molar-refractivity contribution is 0.358. The van der Waals surface area contributed by atoms with Crippen molar-refractivity contribution in [2.24, 2.45) is 0 Å². The van der Waals surface area contributed by atoms with Crippen LogP contribution < -0.4 is 5.32 Å². The van der Waals surface area contributed by atoms with E-state index in [1.54, 1.807) is 6.20 Å². The molecule has 0 fully saturated rings. The summed E-state index contributed by atoms with van der Waals surface area (Å²) in [5, 5.41) is 8.89. The Morgan fingerprint density at radius 3 is 2.67 bits per heavy atom. The van der Waals surface area contributed by atoms with E-state index in [9.17, 15) is 0 Å². The lowest BCUT2D eigenvalue weighted by Crippen LogP contribution is -2.27. The molecule has 0 aliphatic carbocycles. The van der Waals surface area contributed by atoms with Crippen LogP contribution in [-0.4, -0.2) is 41.9 Å². The van der Waals surface area contributed by atoms with Crippen LogP contribution in [0.1, 0.15) is 57.7 Å². The second-order valence-electron chi connectivity index (χ2n) is 5.91. The van der Waals surface area contributed by atoms with Gasteiger partial charge in [0.2, 0.25) is 0 Å². The van der Waals surface area contributed by atoms with E-state index in [2.05, 4.69) is 47.9 Å². The van der Waals surface area contributed by atoms with E-state index < -0.39 is 0 Å². The predicted octanol–water partition coefficient (Wildman–Crippen LogP) is 3.72. The number of halogens is 1. The molecule has 122 valence electrons. The van der Waals surface area contributed by atoms with Gasteiger partial charge in [0.1, 0.15) is 0 Å². The fraction of sp³-hybridized carbons (Fsp3) is 0.812. The predicted molar refractivity (Wildman–Crippen MR) is 91.0 cm³/mol. The molecule has 1 rings (SSSR count). The third-order valence-electron chi connectivity index (χ3n) is 3.66. The summed E-state index contributed by atoms with van der Waals surface area (Å²) in [5.74, 6) is 0. The Labute approximate surface area is 134 Å². The number of rotatable bonds is 11. The highest BCUT2D eigenvalue weighted by atomic mass is 35.5. The maximum Gasteiger partial charge on any atom is 0.0834 e. The molecule has 0 spiro atoms. The Morgan fingerprint density at radius 1 is 1.29 bits per heavy atom. The zero-order valence-corrected chi connectivity index (χ0v) is 14.8. The molecule has 0 aliphatic rings. The highest BCUT2D eigenvalue weighted by molar-refractivity contribution is 6.31. The zero-order chi connectivity index (χ0) is 15.7. The summed E-state index contributed by atoms with van der Waals surface area (Å²) < 4.78 is 2.07. The number of hydrogen-bond acceptors (Lipinski definition) is 3. The number of likely N-dealkylation sites (N-methyl/N-ethyl adjacent to an activating group) is 1. The van der Waals surface area contributed by atoms with Gasteiger partial charge in [-0.1, -0.05) is 44.7 Å². The molecule has 0 amide bonds. The smallest absolute Gasteiger partial charge is 0.0834 e. The SMILES string of the molecule is CCCCCC(NCCC)c1c(Cl)cnn1CCN(C)C. The van der Waals surface area contributed by atoms with Gasteiger partial charge in [0.25, 0.3) is 0 Å². The molecule has 5 heteroatoms. The second-order valence-corrected chi connectivity index (χ2v) is 6.31. The molecule has 1 unspecified atom stereocenters. The zero-order valence-electron chi connectivity index (χ0n) is 14.0. The summed E-state index contributed by atoms with van der Waals surface area (Å²) in [6, 6.07) is 0.314. The molecule has 1 heterocycles. The molecule has 4 nitrogen and oxygen atoms in total. The van der Waals surface area contributed by atoms with Crippen molar-refractivity contribution in [3.63, 3.8) is 0 Å². The second kappa shape index (κ2) is 10.2. The van der Waals surface area contributed by atoms with Crippen molar-refractivity contribution >= 4 is 11.6 Å². The normalized spacial score (nSPS) is 13.0. The molecule has 0 bridgehead atoms. The number of unbranched alkanes of at least 4 members (excludes halogenated alkanes) is 2. The first-order chi connectivity index (χ1) is 10.1. The summed E-state index contributed by atoms with van der Waals surface area (Å²) in [6.45, 7) is 7.31. The maximum atomic E-state index is 6.41. The molecule has 1 N–H and O–H groups in total. The Hall–Kier alpha value is -0.580. The molecular weight excluding hydrogens is 284 g/mol. The molecule has 21 heavy (non-hydrogen) atoms.